The number of nitrogens with one attached hydrogen (secondary N) is 2. The summed E-state index contributed by atoms with van der Waals surface area (Å²) < 4.78 is 26.8. The van der Waals surface area contributed by atoms with Crippen LogP contribution in [0.5, 0.6) is 0 Å². The summed E-state index contributed by atoms with van der Waals surface area (Å²) in [4.78, 5) is 29.8. The van der Waals surface area contributed by atoms with Gasteiger partial charge in [-0.05, 0) is 32.6 Å². The molecular weight excluding hydrogens is 394 g/mol. The maximum Gasteiger partial charge on any atom is 0.272 e. The number of H-pyrrole nitrogens is 1. The summed E-state index contributed by atoms with van der Waals surface area (Å²) in [7, 11) is -3.22. The molecule has 2 aromatic rings. The van der Waals surface area contributed by atoms with Crippen LogP contribution < -0.4 is 10.9 Å². The Kier molecular flexibility index (Phi) is 6.13. The molecule has 1 fully saturated rings. The second-order valence-electron chi connectivity index (χ2n) is 7.96. The Hall–Kier alpha value is -2.20. The molecule has 10 heteroatoms. The molecule has 160 valence electrons. The van der Waals surface area contributed by atoms with Crippen molar-refractivity contribution in [1.82, 2.24) is 24.2 Å². The molecule has 3 heterocycles. The zero-order chi connectivity index (χ0) is 21.3. The van der Waals surface area contributed by atoms with Gasteiger partial charge in [0.1, 0.15) is 0 Å². The second-order valence-corrected chi connectivity index (χ2v) is 10.2. The fourth-order valence-electron chi connectivity index (χ4n) is 3.72. The number of piperidine rings is 1. The van der Waals surface area contributed by atoms with Crippen LogP contribution >= 0.6 is 0 Å². The van der Waals surface area contributed by atoms with E-state index in [1.165, 1.54) is 14.9 Å². The third-order valence-electron chi connectivity index (χ3n) is 5.46. The van der Waals surface area contributed by atoms with Crippen molar-refractivity contribution in [3.05, 3.63) is 33.9 Å². The molecule has 3 rings (SSSR count). The first-order valence-corrected chi connectivity index (χ1v) is 11.6. The SMILES string of the molecule is CCS(=O)(=O)N1CCC(C(=O)N[C@H](c2cc(=O)n3[nH]c(C)cc3n2)C(C)C)CC1. The lowest BCUT2D eigenvalue weighted by molar-refractivity contribution is -0.127. The van der Waals surface area contributed by atoms with Crippen molar-refractivity contribution in [2.45, 2.75) is 46.6 Å². The van der Waals surface area contributed by atoms with Gasteiger partial charge in [-0.3, -0.25) is 14.7 Å². The van der Waals surface area contributed by atoms with E-state index in [2.05, 4.69) is 15.4 Å². The molecule has 2 N–H and O–H groups in total. The highest BCUT2D eigenvalue weighted by atomic mass is 32.2. The standard InChI is InChI=1S/C19H29N5O4S/c1-5-29(27,28)23-8-6-14(7-9-23)19(26)21-18(12(2)3)15-11-17(25)24-16(20-15)10-13(4)22-24/h10-12,14,18,22H,5-9H2,1-4H3,(H,21,26)/t18-/m0/s1. The number of fused-ring (bicyclic) bond motifs is 1. The van der Waals surface area contributed by atoms with Crippen LogP contribution in [0, 0.1) is 18.8 Å². The van der Waals surface area contributed by atoms with E-state index in [0.717, 1.165) is 5.69 Å². The van der Waals surface area contributed by atoms with Crippen LogP contribution in [0.4, 0.5) is 0 Å². The fourth-order valence-corrected chi connectivity index (χ4v) is 4.85. The molecule has 1 amide bonds. The van der Waals surface area contributed by atoms with Gasteiger partial charge in [0.2, 0.25) is 15.9 Å². The lowest BCUT2D eigenvalue weighted by atomic mass is 9.94. The molecule has 1 aliphatic heterocycles. The van der Waals surface area contributed by atoms with Gasteiger partial charge in [0.25, 0.3) is 5.56 Å². The summed E-state index contributed by atoms with van der Waals surface area (Å²) in [5.74, 6) is -0.265. The molecular formula is C19H29N5O4S. The first-order chi connectivity index (χ1) is 13.6. The van der Waals surface area contributed by atoms with Gasteiger partial charge in [-0.1, -0.05) is 13.8 Å². The van der Waals surface area contributed by atoms with Gasteiger partial charge >= 0.3 is 0 Å². The van der Waals surface area contributed by atoms with Gasteiger partial charge in [0.05, 0.1) is 17.5 Å². The van der Waals surface area contributed by atoms with Gasteiger partial charge in [-0.15, -0.1) is 0 Å². The molecule has 1 atom stereocenters. The number of aryl methyl sites for hydroxylation is 1. The maximum absolute atomic E-state index is 12.9. The van der Waals surface area contributed by atoms with Crippen LogP contribution in [0.25, 0.3) is 5.65 Å². The Balaban J connectivity index is 1.75. The van der Waals surface area contributed by atoms with Crippen molar-refractivity contribution in [2.24, 2.45) is 11.8 Å². The number of aromatic amines is 1. The van der Waals surface area contributed by atoms with E-state index in [0.29, 0.717) is 37.3 Å². The van der Waals surface area contributed by atoms with Crippen molar-refractivity contribution in [2.75, 3.05) is 18.8 Å². The smallest absolute Gasteiger partial charge is 0.272 e. The maximum atomic E-state index is 12.9. The summed E-state index contributed by atoms with van der Waals surface area (Å²) in [6, 6.07) is 2.84. The highest BCUT2D eigenvalue weighted by molar-refractivity contribution is 7.89. The third-order valence-corrected chi connectivity index (χ3v) is 7.35. The van der Waals surface area contributed by atoms with E-state index < -0.39 is 16.1 Å². The van der Waals surface area contributed by atoms with Crippen LogP contribution in [0.2, 0.25) is 0 Å². The summed E-state index contributed by atoms with van der Waals surface area (Å²) >= 11 is 0. The molecule has 29 heavy (non-hydrogen) atoms. The van der Waals surface area contributed by atoms with E-state index in [4.69, 9.17) is 0 Å². The Morgan fingerprint density at radius 2 is 1.97 bits per heavy atom. The summed E-state index contributed by atoms with van der Waals surface area (Å²) in [6.45, 7) is 8.12. The number of sulfonamides is 1. The largest absolute Gasteiger partial charge is 0.347 e. The number of hydrogen-bond acceptors (Lipinski definition) is 5. The van der Waals surface area contributed by atoms with Gasteiger partial charge in [-0.2, -0.15) is 0 Å². The Morgan fingerprint density at radius 1 is 1.31 bits per heavy atom. The lowest BCUT2D eigenvalue weighted by Gasteiger charge is -2.31. The Labute approximate surface area is 170 Å². The first-order valence-electron chi connectivity index (χ1n) is 10.00. The second kappa shape index (κ2) is 8.27. The number of hydrogen-bond donors (Lipinski definition) is 2. The van der Waals surface area contributed by atoms with E-state index >= 15 is 0 Å². The minimum absolute atomic E-state index is 0.0360. The molecule has 0 unspecified atom stereocenters. The first kappa shape index (κ1) is 21.5. The highest BCUT2D eigenvalue weighted by Gasteiger charge is 2.32. The van der Waals surface area contributed by atoms with E-state index in [9.17, 15) is 18.0 Å². The average molecular weight is 424 g/mol. The molecule has 0 radical (unpaired) electrons. The van der Waals surface area contributed by atoms with Gasteiger partial charge < -0.3 is 5.32 Å². The quantitative estimate of drug-likeness (QED) is 0.724. The molecule has 1 aliphatic rings. The molecule has 2 aromatic heterocycles. The van der Waals surface area contributed by atoms with Crippen molar-refractivity contribution < 1.29 is 13.2 Å². The van der Waals surface area contributed by atoms with Gasteiger partial charge in [0, 0.05) is 36.8 Å². The minimum atomic E-state index is -3.22. The Morgan fingerprint density at radius 3 is 2.55 bits per heavy atom. The minimum Gasteiger partial charge on any atom is -0.347 e. The van der Waals surface area contributed by atoms with Crippen molar-refractivity contribution in [3.63, 3.8) is 0 Å². The number of rotatable bonds is 6. The normalized spacial score (nSPS) is 17.7. The summed E-state index contributed by atoms with van der Waals surface area (Å²) in [5, 5.41) is 5.98. The van der Waals surface area contributed by atoms with Crippen LogP contribution in [-0.4, -0.2) is 52.1 Å². The molecule has 0 bridgehead atoms. The van der Waals surface area contributed by atoms with Crippen LogP contribution in [0.15, 0.2) is 16.9 Å². The molecule has 0 spiro atoms. The molecule has 9 nitrogen and oxygen atoms in total. The number of amides is 1. The van der Waals surface area contributed by atoms with E-state index in [-0.39, 0.29) is 29.1 Å². The average Bonchev–Trinajstić information content (AvgIpc) is 3.06. The fraction of sp³-hybridized carbons (Fsp3) is 0.632. The zero-order valence-electron chi connectivity index (χ0n) is 17.3. The summed E-state index contributed by atoms with van der Waals surface area (Å²) in [5.41, 5.74) is 1.65. The van der Waals surface area contributed by atoms with E-state index in [1.54, 1.807) is 13.0 Å². The monoisotopic (exact) mass is 423 g/mol. The third kappa shape index (κ3) is 4.53. The molecule has 0 aliphatic carbocycles. The summed E-state index contributed by atoms with van der Waals surface area (Å²) in [6.07, 6.45) is 0.976. The topological polar surface area (TPSA) is 117 Å². The van der Waals surface area contributed by atoms with Crippen molar-refractivity contribution in [3.8, 4) is 0 Å². The Bertz CT molecular complexity index is 1050. The van der Waals surface area contributed by atoms with Crippen LogP contribution in [0.3, 0.4) is 0 Å². The number of aromatic nitrogens is 3. The molecule has 0 saturated carbocycles. The predicted molar refractivity (Wildman–Crippen MR) is 110 cm³/mol. The predicted octanol–water partition coefficient (Wildman–Crippen LogP) is 1.21. The number of carbonyl (C=O) groups excluding carboxylic acids is 1. The van der Waals surface area contributed by atoms with Crippen LogP contribution in [0.1, 0.15) is 51.0 Å². The van der Waals surface area contributed by atoms with Crippen molar-refractivity contribution in [1.29, 1.82) is 0 Å². The highest BCUT2D eigenvalue weighted by Crippen LogP contribution is 2.24. The zero-order valence-corrected chi connectivity index (χ0v) is 18.1. The van der Waals surface area contributed by atoms with Crippen molar-refractivity contribution >= 4 is 21.6 Å². The van der Waals surface area contributed by atoms with Gasteiger partial charge in [-0.25, -0.2) is 22.2 Å². The number of nitrogens with zero attached hydrogens (tertiary/aromatic N) is 3. The van der Waals surface area contributed by atoms with Gasteiger partial charge in [0.15, 0.2) is 5.65 Å². The van der Waals surface area contributed by atoms with Crippen LogP contribution in [-0.2, 0) is 14.8 Å². The van der Waals surface area contributed by atoms with E-state index in [1.807, 2.05) is 20.8 Å². The number of carbonyl (C=O) groups is 1. The molecule has 1 saturated heterocycles. The molecule has 0 aromatic carbocycles. The lowest BCUT2D eigenvalue weighted by Crippen LogP contribution is -2.44.